The van der Waals surface area contributed by atoms with Gasteiger partial charge in [0.15, 0.2) is 5.82 Å². The quantitative estimate of drug-likeness (QED) is 0.547. The molecule has 0 saturated heterocycles. The van der Waals surface area contributed by atoms with Gasteiger partial charge in [-0.2, -0.15) is 9.61 Å². The third-order valence-electron chi connectivity index (χ3n) is 3.75. The first-order valence-electron chi connectivity index (χ1n) is 7.78. The Morgan fingerprint density at radius 1 is 1.04 bits per heavy atom. The van der Waals surface area contributed by atoms with Gasteiger partial charge in [-0.15, -0.1) is 10.2 Å². The van der Waals surface area contributed by atoms with E-state index in [-0.39, 0.29) is 0 Å². The van der Waals surface area contributed by atoms with Crippen LogP contribution in [-0.4, -0.2) is 26.9 Å². The van der Waals surface area contributed by atoms with Crippen molar-refractivity contribution in [2.24, 2.45) is 0 Å². The molecular weight excluding hydrogens is 336 g/mol. The molecule has 6 nitrogen and oxygen atoms in total. The molecule has 0 fully saturated rings. The lowest BCUT2D eigenvalue weighted by Gasteiger charge is -2.05. The molecule has 0 amide bonds. The van der Waals surface area contributed by atoms with E-state index in [9.17, 15) is 0 Å². The number of nitrogens with zero attached hydrogens (tertiary/aromatic N) is 4. The third kappa shape index (κ3) is 3.18. The summed E-state index contributed by atoms with van der Waals surface area (Å²) in [4.78, 5) is 0.754. The molecule has 0 saturated carbocycles. The molecule has 0 radical (unpaired) electrons. The summed E-state index contributed by atoms with van der Waals surface area (Å²) in [7, 11) is 1.64. The van der Waals surface area contributed by atoms with Crippen molar-refractivity contribution in [2.75, 3.05) is 7.11 Å². The third-order valence-corrected chi connectivity index (χ3v) is 4.70. The summed E-state index contributed by atoms with van der Waals surface area (Å²) in [5.41, 5.74) is 2.28. The van der Waals surface area contributed by atoms with Crippen molar-refractivity contribution in [1.82, 2.24) is 19.8 Å². The highest BCUT2D eigenvalue weighted by atomic mass is 32.1. The van der Waals surface area contributed by atoms with E-state index in [4.69, 9.17) is 9.47 Å². The van der Waals surface area contributed by atoms with Crippen LogP contribution in [-0.2, 0) is 6.61 Å². The van der Waals surface area contributed by atoms with Crippen molar-refractivity contribution in [3.8, 4) is 22.1 Å². The van der Waals surface area contributed by atoms with E-state index in [0.29, 0.717) is 12.4 Å². The summed E-state index contributed by atoms with van der Waals surface area (Å²) in [6, 6.07) is 15.7. The van der Waals surface area contributed by atoms with E-state index in [2.05, 4.69) is 34.4 Å². The van der Waals surface area contributed by atoms with Crippen LogP contribution in [0.4, 0.5) is 0 Å². The zero-order valence-corrected chi connectivity index (χ0v) is 14.7. The SMILES string of the molecule is COc1ccc(OCc2nnc3sc(-c4cccc(C)c4)nn23)cc1. The molecule has 0 unspecified atom stereocenters. The van der Waals surface area contributed by atoms with E-state index in [1.165, 1.54) is 16.9 Å². The second-order valence-electron chi connectivity index (χ2n) is 5.55. The monoisotopic (exact) mass is 352 g/mol. The maximum atomic E-state index is 5.78. The highest BCUT2D eigenvalue weighted by Gasteiger charge is 2.13. The van der Waals surface area contributed by atoms with Crippen molar-refractivity contribution in [1.29, 1.82) is 0 Å². The lowest BCUT2D eigenvalue weighted by molar-refractivity contribution is 0.292. The van der Waals surface area contributed by atoms with Gasteiger partial charge in [0.05, 0.1) is 7.11 Å². The molecule has 4 rings (SSSR count). The molecule has 0 atom stereocenters. The number of rotatable bonds is 5. The van der Waals surface area contributed by atoms with Crippen LogP contribution in [0.5, 0.6) is 11.5 Å². The minimum Gasteiger partial charge on any atom is -0.497 e. The Kier molecular flexibility index (Phi) is 4.07. The van der Waals surface area contributed by atoms with Gasteiger partial charge in [0.2, 0.25) is 4.96 Å². The first-order valence-corrected chi connectivity index (χ1v) is 8.59. The van der Waals surface area contributed by atoms with Crippen LogP contribution in [0, 0.1) is 6.92 Å². The normalized spacial score (nSPS) is 11.0. The molecular formula is C18H16N4O2S. The van der Waals surface area contributed by atoms with Crippen LogP contribution in [0.3, 0.4) is 0 Å². The molecule has 0 bridgehead atoms. The number of aromatic nitrogens is 4. The Labute approximate surface area is 148 Å². The van der Waals surface area contributed by atoms with Gasteiger partial charge in [-0.1, -0.05) is 35.1 Å². The minimum absolute atomic E-state index is 0.296. The molecule has 126 valence electrons. The van der Waals surface area contributed by atoms with Crippen LogP contribution in [0.25, 0.3) is 15.5 Å². The van der Waals surface area contributed by atoms with Crippen molar-refractivity contribution in [2.45, 2.75) is 13.5 Å². The Morgan fingerprint density at radius 2 is 1.84 bits per heavy atom. The smallest absolute Gasteiger partial charge is 0.235 e. The largest absolute Gasteiger partial charge is 0.497 e. The standard InChI is InChI=1S/C18H16N4O2S/c1-12-4-3-5-13(10-12)17-21-22-16(19-20-18(22)25-17)11-24-15-8-6-14(23-2)7-9-15/h3-10H,11H2,1-2H3. The zero-order chi connectivity index (χ0) is 17.2. The Bertz CT molecular complexity index is 1010. The predicted octanol–water partition coefficient (Wildman–Crippen LogP) is 3.75. The van der Waals surface area contributed by atoms with Gasteiger partial charge in [0, 0.05) is 5.56 Å². The molecule has 0 aliphatic heterocycles. The molecule has 0 spiro atoms. The summed E-state index contributed by atoms with van der Waals surface area (Å²) in [6.07, 6.45) is 0. The van der Waals surface area contributed by atoms with Crippen molar-refractivity contribution in [3.05, 3.63) is 59.9 Å². The van der Waals surface area contributed by atoms with Crippen LogP contribution < -0.4 is 9.47 Å². The number of methoxy groups -OCH3 is 1. The lowest BCUT2D eigenvalue weighted by Crippen LogP contribution is -2.02. The second kappa shape index (κ2) is 6.52. The van der Waals surface area contributed by atoms with Crippen molar-refractivity contribution in [3.63, 3.8) is 0 Å². The summed E-state index contributed by atoms with van der Waals surface area (Å²) in [5, 5.41) is 13.9. The average Bonchev–Trinajstić information content (AvgIpc) is 3.21. The maximum absolute atomic E-state index is 5.78. The fourth-order valence-corrected chi connectivity index (χ4v) is 3.32. The number of hydrogen-bond donors (Lipinski definition) is 0. The number of aryl methyl sites for hydroxylation is 1. The first-order chi connectivity index (χ1) is 12.2. The molecule has 2 heterocycles. The van der Waals surface area contributed by atoms with Crippen molar-refractivity contribution >= 4 is 16.3 Å². The van der Waals surface area contributed by atoms with Crippen LogP contribution in [0.15, 0.2) is 48.5 Å². The van der Waals surface area contributed by atoms with Crippen LogP contribution in [0.2, 0.25) is 0 Å². The van der Waals surface area contributed by atoms with E-state index in [0.717, 1.165) is 27.0 Å². The number of hydrogen-bond acceptors (Lipinski definition) is 6. The molecule has 7 heteroatoms. The van der Waals surface area contributed by atoms with E-state index >= 15 is 0 Å². The molecule has 2 aromatic carbocycles. The summed E-state index contributed by atoms with van der Waals surface area (Å²) in [6.45, 7) is 2.36. The van der Waals surface area contributed by atoms with E-state index in [1.807, 2.05) is 36.4 Å². The summed E-state index contributed by atoms with van der Waals surface area (Å²) in [5.74, 6) is 2.20. The average molecular weight is 352 g/mol. The fraction of sp³-hybridized carbons (Fsp3) is 0.167. The molecule has 2 aromatic heterocycles. The Hall–Kier alpha value is -2.93. The number of ether oxygens (including phenoxy) is 2. The number of benzene rings is 2. The molecule has 0 aliphatic carbocycles. The summed E-state index contributed by atoms with van der Waals surface area (Å²) >= 11 is 1.51. The van der Waals surface area contributed by atoms with Gasteiger partial charge in [0.1, 0.15) is 23.1 Å². The maximum Gasteiger partial charge on any atom is 0.235 e. The number of fused-ring (bicyclic) bond motifs is 1. The predicted molar refractivity (Wildman–Crippen MR) is 96.2 cm³/mol. The highest BCUT2D eigenvalue weighted by molar-refractivity contribution is 7.19. The molecule has 0 aliphatic rings. The molecule has 4 aromatic rings. The Balaban J connectivity index is 1.56. The van der Waals surface area contributed by atoms with Gasteiger partial charge in [-0.25, -0.2) is 0 Å². The summed E-state index contributed by atoms with van der Waals surface area (Å²) < 4.78 is 12.7. The van der Waals surface area contributed by atoms with E-state index in [1.54, 1.807) is 11.6 Å². The van der Waals surface area contributed by atoms with Crippen LogP contribution >= 0.6 is 11.3 Å². The zero-order valence-electron chi connectivity index (χ0n) is 13.8. The Morgan fingerprint density at radius 3 is 2.60 bits per heavy atom. The first kappa shape index (κ1) is 15.6. The van der Waals surface area contributed by atoms with Gasteiger partial charge in [-0.3, -0.25) is 0 Å². The fourth-order valence-electron chi connectivity index (χ4n) is 2.46. The van der Waals surface area contributed by atoms with Gasteiger partial charge < -0.3 is 9.47 Å². The van der Waals surface area contributed by atoms with E-state index < -0.39 is 0 Å². The molecule has 0 N–H and O–H groups in total. The lowest BCUT2D eigenvalue weighted by atomic mass is 10.1. The topological polar surface area (TPSA) is 61.5 Å². The van der Waals surface area contributed by atoms with Gasteiger partial charge >= 0.3 is 0 Å². The van der Waals surface area contributed by atoms with Gasteiger partial charge in [-0.05, 0) is 37.3 Å². The molecule has 25 heavy (non-hydrogen) atoms. The van der Waals surface area contributed by atoms with Crippen LogP contribution in [0.1, 0.15) is 11.4 Å². The second-order valence-corrected chi connectivity index (χ2v) is 6.51. The van der Waals surface area contributed by atoms with Crippen molar-refractivity contribution < 1.29 is 9.47 Å². The van der Waals surface area contributed by atoms with Gasteiger partial charge in [0.25, 0.3) is 0 Å². The highest BCUT2D eigenvalue weighted by Crippen LogP contribution is 2.26. The minimum atomic E-state index is 0.296.